The molecule has 0 radical (unpaired) electrons. The van der Waals surface area contributed by atoms with Gasteiger partial charge in [-0.3, -0.25) is 4.79 Å². The van der Waals surface area contributed by atoms with Gasteiger partial charge in [0.05, 0.1) is 5.92 Å². The fourth-order valence-corrected chi connectivity index (χ4v) is 1.70. The van der Waals surface area contributed by atoms with E-state index in [0.717, 1.165) is 11.3 Å². The number of rotatable bonds is 0. The molecule has 1 amide bonds. The van der Waals surface area contributed by atoms with Crippen LogP contribution >= 0.6 is 12.4 Å². The Bertz CT molecular complexity index is 306. The molecule has 70 valence electrons. The second-order valence-electron chi connectivity index (χ2n) is 3.18. The predicted octanol–water partition coefficient (Wildman–Crippen LogP) is 2.19. The molecule has 0 aromatic heterocycles. The molecule has 13 heavy (non-hydrogen) atoms. The van der Waals surface area contributed by atoms with Crippen molar-refractivity contribution in [2.24, 2.45) is 0 Å². The van der Waals surface area contributed by atoms with Crippen molar-refractivity contribution >= 4 is 24.0 Å². The van der Waals surface area contributed by atoms with Gasteiger partial charge in [-0.05, 0) is 18.6 Å². The lowest BCUT2D eigenvalue weighted by Gasteiger charge is -2.08. The third kappa shape index (κ3) is 1.31. The van der Waals surface area contributed by atoms with Crippen LogP contribution < -0.4 is 4.90 Å². The van der Waals surface area contributed by atoms with Crippen LogP contribution in [0.25, 0.3) is 0 Å². The third-order valence-corrected chi connectivity index (χ3v) is 2.47. The average molecular weight is 198 g/mol. The van der Waals surface area contributed by atoms with E-state index in [1.807, 2.05) is 38.2 Å². The molecule has 0 N–H and O–H groups in total. The van der Waals surface area contributed by atoms with Gasteiger partial charge in [0, 0.05) is 12.7 Å². The third-order valence-electron chi connectivity index (χ3n) is 2.47. The number of fused-ring (bicyclic) bond motifs is 1. The molecular weight excluding hydrogens is 186 g/mol. The van der Waals surface area contributed by atoms with Gasteiger partial charge in [-0.15, -0.1) is 12.4 Å². The van der Waals surface area contributed by atoms with E-state index in [9.17, 15) is 4.79 Å². The van der Waals surface area contributed by atoms with Gasteiger partial charge in [0.25, 0.3) is 0 Å². The number of halogens is 1. The van der Waals surface area contributed by atoms with Crippen LogP contribution in [0.2, 0.25) is 0 Å². The van der Waals surface area contributed by atoms with Crippen LogP contribution in [0.3, 0.4) is 0 Å². The minimum absolute atomic E-state index is 0. The van der Waals surface area contributed by atoms with Gasteiger partial charge in [-0.2, -0.15) is 0 Å². The molecule has 1 atom stereocenters. The van der Waals surface area contributed by atoms with E-state index < -0.39 is 0 Å². The summed E-state index contributed by atoms with van der Waals surface area (Å²) in [6, 6.07) is 7.93. The van der Waals surface area contributed by atoms with Gasteiger partial charge >= 0.3 is 0 Å². The lowest BCUT2D eigenvalue weighted by atomic mass is 10.0. The molecule has 0 saturated heterocycles. The topological polar surface area (TPSA) is 20.3 Å². The monoisotopic (exact) mass is 197 g/mol. The van der Waals surface area contributed by atoms with E-state index in [4.69, 9.17) is 0 Å². The van der Waals surface area contributed by atoms with E-state index in [0.29, 0.717) is 0 Å². The van der Waals surface area contributed by atoms with Crippen LogP contribution in [0.15, 0.2) is 24.3 Å². The van der Waals surface area contributed by atoms with Crippen molar-refractivity contribution in [2.75, 3.05) is 11.9 Å². The summed E-state index contributed by atoms with van der Waals surface area (Å²) in [6.45, 7) is 1.95. The van der Waals surface area contributed by atoms with Crippen LogP contribution in [-0.2, 0) is 4.79 Å². The first-order valence-corrected chi connectivity index (χ1v) is 4.08. The number of hydrogen-bond acceptors (Lipinski definition) is 1. The maximum Gasteiger partial charge on any atom is 0.234 e. The van der Waals surface area contributed by atoms with Crippen LogP contribution in [-0.4, -0.2) is 13.0 Å². The van der Waals surface area contributed by atoms with Crippen LogP contribution in [0.4, 0.5) is 5.69 Å². The largest absolute Gasteiger partial charge is 0.315 e. The van der Waals surface area contributed by atoms with Crippen molar-refractivity contribution < 1.29 is 4.79 Å². The Kier molecular flexibility index (Phi) is 2.62. The number of anilines is 1. The molecule has 0 bridgehead atoms. The zero-order chi connectivity index (χ0) is 8.72. The quantitative estimate of drug-likeness (QED) is 0.625. The Labute approximate surface area is 84.0 Å². The fraction of sp³-hybridized carbons (Fsp3) is 0.300. The number of para-hydroxylation sites is 1. The number of nitrogens with zero attached hydrogens (tertiary/aromatic N) is 1. The van der Waals surface area contributed by atoms with E-state index >= 15 is 0 Å². The molecule has 0 fully saturated rings. The van der Waals surface area contributed by atoms with Gasteiger partial charge < -0.3 is 4.90 Å². The zero-order valence-electron chi connectivity index (χ0n) is 7.65. The Hall–Kier alpha value is -1.02. The standard InChI is InChI=1S/C10H11NO.ClH/c1-7-8-5-3-4-6-9(8)11(2)10(7)12;/h3-7H,1-2H3;1H. The van der Waals surface area contributed by atoms with E-state index in [-0.39, 0.29) is 24.2 Å². The maximum atomic E-state index is 11.5. The highest BCUT2D eigenvalue weighted by molar-refractivity contribution is 6.04. The fourth-order valence-electron chi connectivity index (χ4n) is 1.70. The van der Waals surface area contributed by atoms with Gasteiger partial charge in [-0.1, -0.05) is 18.2 Å². The van der Waals surface area contributed by atoms with Crippen LogP contribution in [0.1, 0.15) is 18.4 Å². The molecule has 1 heterocycles. The normalized spacial score (nSPS) is 19.7. The van der Waals surface area contributed by atoms with Gasteiger partial charge in [-0.25, -0.2) is 0 Å². The molecule has 0 saturated carbocycles. The molecule has 0 spiro atoms. The highest BCUT2D eigenvalue weighted by Gasteiger charge is 2.30. The van der Waals surface area contributed by atoms with Crippen molar-refractivity contribution in [3.63, 3.8) is 0 Å². The first-order chi connectivity index (χ1) is 5.72. The minimum Gasteiger partial charge on any atom is -0.315 e. The highest BCUT2D eigenvalue weighted by atomic mass is 35.5. The summed E-state index contributed by atoms with van der Waals surface area (Å²) in [5.74, 6) is 0.224. The first kappa shape index (κ1) is 10.1. The second-order valence-corrected chi connectivity index (χ2v) is 3.18. The van der Waals surface area contributed by atoms with Crippen molar-refractivity contribution in [1.29, 1.82) is 0 Å². The number of amides is 1. The molecule has 0 aliphatic carbocycles. The summed E-state index contributed by atoms with van der Waals surface area (Å²) in [5, 5.41) is 0. The summed E-state index contributed by atoms with van der Waals surface area (Å²) >= 11 is 0. The first-order valence-electron chi connectivity index (χ1n) is 4.08. The minimum atomic E-state index is 0. The lowest BCUT2D eigenvalue weighted by molar-refractivity contribution is -0.118. The zero-order valence-corrected chi connectivity index (χ0v) is 8.47. The molecular formula is C10H12ClNO. The van der Waals surface area contributed by atoms with E-state index in [1.165, 1.54) is 0 Å². The molecule has 1 aromatic rings. The molecule has 1 unspecified atom stereocenters. The summed E-state index contributed by atoms with van der Waals surface area (Å²) in [7, 11) is 1.82. The van der Waals surface area contributed by atoms with Crippen LogP contribution in [0, 0.1) is 0 Å². The number of carbonyl (C=O) groups excluding carboxylic acids is 1. The molecule has 1 aromatic carbocycles. The van der Waals surface area contributed by atoms with Gasteiger partial charge in [0.1, 0.15) is 0 Å². The molecule has 1 aliphatic heterocycles. The Morgan fingerprint density at radius 2 is 1.92 bits per heavy atom. The molecule has 1 aliphatic rings. The second kappa shape index (κ2) is 3.38. The van der Waals surface area contributed by atoms with Gasteiger partial charge in [0.2, 0.25) is 5.91 Å². The number of hydrogen-bond donors (Lipinski definition) is 0. The van der Waals surface area contributed by atoms with Crippen LogP contribution in [0.5, 0.6) is 0 Å². The van der Waals surface area contributed by atoms with Crippen molar-refractivity contribution in [2.45, 2.75) is 12.8 Å². The van der Waals surface area contributed by atoms with Gasteiger partial charge in [0.15, 0.2) is 0 Å². The Balaban J connectivity index is 0.000000845. The van der Waals surface area contributed by atoms with Crippen molar-refractivity contribution in [3.05, 3.63) is 29.8 Å². The number of benzene rings is 1. The SMILES string of the molecule is CC1C(=O)N(C)c2ccccc21.Cl. The summed E-state index contributed by atoms with van der Waals surface area (Å²) in [6.07, 6.45) is 0. The maximum absolute atomic E-state index is 11.5. The van der Waals surface area contributed by atoms with E-state index in [2.05, 4.69) is 0 Å². The van der Waals surface area contributed by atoms with Crippen molar-refractivity contribution in [1.82, 2.24) is 0 Å². The number of carbonyl (C=O) groups is 1. The smallest absolute Gasteiger partial charge is 0.234 e. The lowest BCUT2D eigenvalue weighted by Crippen LogP contribution is -2.22. The average Bonchev–Trinajstić information content (AvgIpc) is 2.33. The van der Waals surface area contributed by atoms with E-state index in [1.54, 1.807) is 4.90 Å². The molecule has 2 rings (SSSR count). The highest BCUT2D eigenvalue weighted by Crippen LogP contribution is 2.35. The molecule has 3 heteroatoms. The summed E-state index contributed by atoms with van der Waals surface area (Å²) in [5.41, 5.74) is 2.19. The Morgan fingerprint density at radius 3 is 2.54 bits per heavy atom. The van der Waals surface area contributed by atoms with Crippen molar-refractivity contribution in [3.8, 4) is 0 Å². The Morgan fingerprint density at radius 1 is 1.31 bits per heavy atom. The summed E-state index contributed by atoms with van der Waals surface area (Å²) in [4.78, 5) is 13.2. The summed E-state index contributed by atoms with van der Waals surface area (Å²) < 4.78 is 0. The number of likely N-dealkylation sites (N-methyl/N-ethyl adjacent to an activating group) is 1. The molecule has 2 nitrogen and oxygen atoms in total. The predicted molar refractivity (Wildman–Crippen MR) is 55.5 cm³/mol.